The van der Waals surface area contributed by atoms with Crippen LogP contribution < -0.4 is 5.32 Å². The molecule has 0 radical (unpaired) electrons. The molecule has 1 aromatic heterocycles. The number of nitro groups is 1. The van der Waals surface area contributed by atoms with Gasteiger partial charge in [-0.05, 0) is 23.1 Å². The summed E-state index contributed by atoms with van der Waals surface area (Å²) < 4.78 is 1.92. The van der Waals surface area contributed by atoms with Gasteiger partial charge in [0.05, 0.1) is 10.7 Å². The van der Waals surface area contributed by atoms with Gasteiger partial charge in [-0.25, -0.2) is 0 Å². The maximum Gasteiger partial charge on any atom is 0.269 e. The molecule has 166 valence electrons. The fraction of sp³-hybridized carbons (Fsp3) is 0.261. The van der Waals surface area contributed by atoms with Crippen molar-refractivity contribution in [3.63, 3.8) is 0 Å². The number of aromatic nitrogens is 3. The van der Waals surface area contributed by atoms with E-state index in [1.54, 1.807) is 6.08 Å². The molecule has 0 saturated carbocycles. The zero-order chi connectivity index (χ0) is 23.3. The summed E-state index contributed by atoms with van der Waals surface area (Å²) in [5.41, 5.74) is 2.69. The van der Waals surface area contributed by atoms with Crippen molar-refractivity contribution in [1.82, 2.24) is 14.8 Å². The van der Waals surface area contributed by atoms with Crippen molar-refractivity contribution >= 4 is 29.0 Å². The van der Waals surface area contributed by atoms with Crippen LogP contribution in [0.3, 0.4) is 0 Å². The van der Waals surface area contributed by atoms with Gasteiger partial charge in [0, 0.05) is 29.9 Å². The maximum absolute atomic E-state index is 12.3. The second kappa shape index (κ2) is 9.78. The minimum Gasteiger partial charge on any atom is -0.325 e. The number of hydrogen-bond donors (Lipinski definition) is 1. The molecular weight excluding hydrogens is 426 g/mol. The molecule has 0 bridgehead atoms. The summed E-state index contributed by atoms with van der Waals surface area (Å²) in [7, 11) is 0. The van der Waals surface area contributed by atoms with Crippen molar-refractivity contribution in [3.05, 3.63) is 76.9 Å². The van der Waals surface area contributed by atoms with Crippen LogP contribution in [0.4, 0.5) is 11.4 Å². The standard InChI is InChI=1S/C23H25N5O3S/c1-5-14-27-21(16-6-8-17(9-7-16)23(2,3)4)25-26-22(27)32-15-20(29)24-18-10-12-19(13-11-18)28(30)31/h5-13H,1,14-15H2,2-4H3,(H,24,29). The highest BCUT2D eigenvalue weighted by Gasteiger charge is 2.17. The molecule has 0 aliphatic heterocycles. The average Bonchev–Trinajstić information content (AvgIpc) is 3.15. The van der Waals surface area contributed by atoms with E-state index in [0.717, 1.165) is 5.56 Å². The summed E-state index contributed by atoms with van der Waals surface area (Å²) in [6.45, 7) is 10.8. The van der Waals surface area contributed by atoms with Crippen LogP contribution in [-0.2, 0) is 16.8 Å². The van der Waals surface area contributed by atoms with Crippen molar-refractivity contribution < 1.29 is 9.72 Å². The maximum atomic E-state index is 12.3. The Morgan fingerprint density at radius 2 is 1.81 bits per heavy atom. The van der Waals surface area contributed by atoms with E-state index in [0.29, 0.717) is 23.2 Å². The zero-order valence-corrected chi connectivity index (χ0v) is 19.1. The van der Waals surface area contributed by atoms with Gasteiger partial charge in [-0.2, -0.15) is 0 Å². The number of nitrogens with zero attached hydrogens (tertiary/aromatic N) is 4. The van der Waals surface area contributed by atoms with E-state index in [4.69, 9.17) is 0 Å². The summed E-state index contributed by atoms with van der Waals surface area (Å²) in [5.74, 6) is 0.589. The Labute approximate surface area is 190 Å². The lowest BCUT2D eigenvalue weighted by atomic mass is 9.87. The van der Waals surface area contributed by atoms with Crippen LogP contribution in [0.25, 0.3) is 11.4 Å². The monoisotopic (exact) mass is 451 g/mol. The number of carbonyl (C=O) groups excluding carboxylic acids is 1. The Morgan fingerprint density at radius 1 is 1.16 bits per heavy atom. The number of benzene rings is 2. The Kier molecular flexibility index (Phi) is 7.09. The number of rotatable bonds is 8. The molecule has 2 aromatic carbocycles. The summed E-state index contributed by atoms with van der Waals surface area (Å²) in [6, 6.07) is 13.9. The molecule has 0 saturated heterocycles. The van der Waals surface area contributed by atoms with Crippen LogP contribution in [-0.4, -0.2) is 31.3 Å². The highest BCUT2D eigenvalue weighted by molar-refractivity contribution is 7.99. The van der Waals surface area contributed by atoms with E-state index in [1.165, 1.54) is 41.6 Å². The van der Waals surface area contributed by atoms with Crippen LogP contribution in [0.15, 0.2) is 66.3 Å². The van der Waals surface area contributed by atoms with Gasteiger partial charge >= 0.3 is 0 Å². The molecule has 0 aliphatic rings. The molecule has 1 amide bonds. The third-order valence-electron chi connectivity index (χ3n) is 4.73. The summed E-state index contributed by atoms with van der Waals surface area (Å²) in [5, 5.41) is 22.7. The molecule has 0 unspecified atom stereocenters. The SMILES string of the molecule is C=CCn1c(SCC(=O)Nc2ccc([N+](=O)[O-])cc2)nnc1-c1ccc(C(C)(C)C)cc1. The highest BCUT2D eigenvalue weighted by atomic mass is 32.2. The second-order valence-corrected chi connectivity index (χ2v) is 9.12. The van der Waals surface area contributed by atoms with Crippen LogP contribution in [0, 0.1) is 10.1 Å². The normalized spacial score (nSPS) is 11.2. The third-order valence-corrected chi connectivity index (χ3v) is 5.70. The fourth-order valence-electron chi connectivity index (χ4n) is 3.02. The van der Waals surface area contributed by atoms with Gasteiger partial charge in [0.15, 0.2) is 11.0 Å². The molecule has 1 N–H and O–H groups in total. The number of hydrogen-bond acceptors (Lipinski definition) is 6. The lowest BCUT2D eigenvalue weighted by Gasteiger charge is -2.19. The Bertz CT molecular complexity index is 1120. The molecule has 3 aromatic rings. The number of thioether (sulfide) groups is 1. The van der Waals surface area contributed by atoms with Crippen molar-refractivity contribution in [2.24, 2.45) is 0 Å². The first kappa shape index (κ1) is 23.2. The number of anilines is 1. The molecule has 9 heteroatoms. The smallest absolute Gasteiger partial charge is 0.269 e. The molecule has 3 rings (SSSR count). The van der Waals surface area contributed by atoms with Gasteiger partial charge in [-0.3, -0.25) is 19.5 Å². The number of non-ortho nitro benzene ring substituents is 1. The van der Waals surface area contributed by atoms with E-state index >= 15 is 0 Å². The lowest BCUT2D eigenvalue weighted by Crippen LogP contribution is -2.14. The number of carbonyl (C=O) groups is 1. The topological polar surface area (TPSA) is 103 Å². The van der Waals surface area contributed by atoms with Gasteiger partial charge < -0.3 is 5.32 Å². The van der Waals surface area contributed by atoms with Crippen molar-refractivity contribution in [2.45, 2.75) is 37.9 Å². The van der Waals surface area contributed by atoms with Gasteiger partial charge in [-0.1, -0.05) is 62.9 Å². The Morgan fingerprint density at radius 3 is 2.38 bits per heavy atom. The minimum atomic E-state index is -0.484. The van der Waals surface area contributed by atoms with Crippen molar-refractivity contribution in [2.75, 3.05) is 11.1 Å². The highest BCUT2D eigenvalue weighted by Crippen LogP contribution is 2.28. The van der Waals surface area contributed by atoms with Crippen LogP contribution in [0.5, 0.6) is 0 Å². The van der Waals surface area contributed by atoms with E-state index in [-0.39, 0.29) is 22.8 Å². The molecule has 0 aliphatic carbocycles. The Balaban J connectivity index is 1.70. The van der Waals surface area contributed by atoms with Crippen LogP contribution in [0.2, 0.25) is 0 Å². The zero-order valence-electron chi connectivity index (χ0n) is 18.2. The minimum absolute atomic E-state index is 0.0297. The molecule has 1 heterocycles. The number of nitro benzene ring substituents is 1. The van der Waals surface area contributed by atoms with Gasteiger partial charge in [-0.15, -0.1) is 16.8 Å². The predicted octanol–water partition coefficient (Wildman–Crippen LogP) is 5.07. The van der Waals surface area contributed by atoms with E-state index < -0.39 is 4.92 Å². The first-order valence-corrected chi connectivity index (χ1v) is 11.0. The lowest BCUT2D eigenvalue weighted by molar-refractivity contribution is -0.384. The molecule has 8 nitrogen and oxygen atoms in total. The quantitative estimate of drug-likeness (QED) is 0.222. The van der Waals surface area contributed by atoms with E-state index in [2.05, 4.69) is 55.0 Å². The van der Waals surface area contributed by atoms with Crippen LogP contribution in [0.1, 0.15) is 26.3 Å². The average molecular weight is 452 g/mol. The second-order valence-electron chi connectivity index (χ2n) is 8.17. The molecular formula is C23H25N5O3S. The number of allylic oxidation sites excluding steroid dienone is 1. The van der Waals surface area contributed by atoms with Gasteiger partial charge in [0.1, 0.15) is 0 Å². The molecule has 32 heavy (non-hydrogen) atoms. The molecule has 0 spiro atoms. The molecule has 0 fully saturated rings. The van der Waals surface area contributed by atoms with E-state index in [1.807, 2.05) is 16.7 Å². The first-order valence-electron chi connectivity index (χ1n) is 10.0. The number of amides is 1. The Hall–Kier alpha value is -3.46. The third kappa shape index (κ3) is 5.61. The van der Waals surface area contributed by atoms with E-state index in [9.17, 15) is 14.9 Å². The van der Waals surface area contributed by atoms with Crippen molar-refractivity contribution in [3.8, 4) is 11.4 Å². The number of nitrogens with one attached hydrogen (secondary N) is 1. The summed E-state index contributed by atoms with van der Waals surface area (Å²) in [6.07, 6.45) is 1.76. The summed E-state index contributed by atoms with van der Waals surface area (Å²) in [4.78, 5) is 22.6. The first-order chi connectivity index (χ1) is 15.2. The van der Waals surface area contributed by atoms with Crippen LogP contribution >= 0.6 is 11.8 Å². The largest absolute Gasteiger partial charge is 0.325 e. The van der Waals surface area contributed by atoms with Crippen molar-refractivity contribution in [1.29, 1.82) is 0 Å². The fourth-order valence-corrected chi connectivity index (χ4v) is 3.76. The molecule has 0 atom stereocenters. The predicted molar refractivity (Wildman–Crippen MR) is 127 cm³/mol. The summed E-state index contributed by atoms with van der Waals surface area (Å²) >= 11 is 1.27. The van der Waals surface area contributed by atoms with Gasteiger partial charge in [0.2, 0.25) is 5.91 Å². The van der Waals surface area contributed by atoms with Gasteiger partial charge in [0.25, 0.3) is 5.69 Å².